The normalized spacial score (nSPS) is 22.6. The van der Waals surface area contributed by atoms with Gasteiger partial charge in [0.1, 0.15) is 67.7 Å². The molecule has 9 saturated carbocycles. The molecule has 9 aliphatic rings. The van der Waals surface area contributed by atoms with E-state index >= 15 is 0 Å². The van der Waals surface area contributed by atoms with E-state index in [9.17, 15) is 47.9 Å². The number of phenolic OH excluding ortho intramolecular Hbond substituents is 1. The molecule has 0 bridgehead atoms. The summed E-state index contributed by atoms with van der Waals surface area (Å²) < 4.78 is 47.7. The van der Waals surface area contributed by atoms with Crippen LogP contribution in [0.25, 0.3) is 11.1 Å². The van der Waals surface area contributed by atoms with E-state index in [4.69, 9.17) is 52.8 Å². The van der Waals surface area contributed by atoms with E-state index in [0.717, 1.165) is 171 Å². The number of hydrogen-bond donors (Lipinski definition) is 7. The van der Waals surface area contributed by atoms with Gasteiger partial charge in [0, 0.05) is 58.7 Å². The van der Waals surface area contributed by atoms with E-state index in [0.29, 0.717) is 53.3 Å². The molecule has 3 aromatic carbocycles. The van der Waals surface area contributed by atoms with Crippen molar-refractivity contribution in [2.24, 2.45) is 40.4 Å². The summed E-state index contributed by atoms with van der Waals surface area (Å²) in [6.45, 7) is 30.9. The number of phenols is 1. The molecular weight excluding hydrogens is 1730 g/mol. The van der Waals surface area contributed by atoms with Crippen LogP contribution in [0, 0.1) is 40.4 Å². The summed E-state index contributed by atoms with van der Waals surface area (Å²) in [6.07, 6.45) is 42.7. The largest absolute Gasteiger partial charge is 0.508 e. The molecule has 3 aromatic rings. The lowest BCUT2D eigenvalue weighted by Gasteiger charge is -2.38. The minimum atomic E-state index is -1.07. The number of anilines is 2. The molecule has 29 heteroatoms. The number of carboxylic acid groups (broad SMARTS) is 1. The predicted octanol–water partition coefficient (Wildman–Crippen LogP) is 25.8. The first kappa shape index (κ1) is 119. The van der Waals surface area contributed by atoms with Gasteiger partial charge in [0.2, 0.25) is 0 Å². The molecule has 8 amide bonds. The van der Waals surface area contributed by atoms with Crippen LogP contribution < -0.4 is 26.6 Å². The van der Waals surface area contributed by atoms with Gasteiger partial charge in [0.05, 0.1) is 6.61 Å². The Morgan fingerprint density at radius 2 is 0.794 bits per heavy atom. The number of esters is 1. The number of nitrogens with one attached hydrogen (secondary N) is 5. The highest BCUT2D eigenvalue weighted by Gasteiger charge is 2.36. The number of benzene rings is 3. The van der Waals surface area contributed by atoms with Gasteiger partial charge in [-0.25, -0.2) is 38.4 Å². The van der Waals surface area contributed by atoms with Crippen molar-refractivity contribution in [2.45, 2.75) is 409 Å². The van der Waals surface area contributed by atoms with Crippen LogP contribution in [0.2, 0.25) is 0 Å². The third-order valence-electron chi connectivity index (χ3n) is 26.3. The van der Waals surface area contributed by atoms with E-state index in [1.54, 1.807) is 52.1 Å². The van der Waals surface area contributed by atoms with Crippen molar-refractivity contribution < 1.29 is 101 Å². The van der Waals surface area contributed by atoms with Gasteiger partial charge < -0.3 is 83.5 Å². The van der Waals surface area contributed by atoms with Crippen LogP contribution in [0.5, 0.6) is 5.75 Å². The zero-order valence-electron chi connectivity index (χ0n) is 86.4. The maximum absolute atomic E-state index is 12.2. The Hall–Kier alpha value is -9.44. The summed E-state index contributed by atoms with van der Waals surface area (Å²) in [7, 11) is 6.86. The number of carbonyl (C=O) groups excluding carboxylic acids is 9. The topological polar surface area (TPSA) is 364 Å². The third-order valence-corrected chi connectivity index (χ3v) is 26.3. The van der Waals surface area contributed by atoms with Crippen molar-refractivity contribution in [3.05, 3.63) is 78.9 Å². The van der Waals surface area contributed by atoms with Gasteiger partial charge in [-0.1, -0.05) is 183 Å². The molecule has 0 aliphatic heterocycles. The van der Waals surface area contributed by atoms with Crippen LogP contribution in [0.3, 0.4) is 0 Å². The minimum Gasteiger partial charge on any atom is -0.508 e. The predicted molar refractivity (Wildman–Crippen MR) is 536 cm³/mol. The number of aromatic hydroxyl groups is 1. The molecule has 0 spiro atoms. The lowest BCUT2D eigenvalue weighted by Crippen LogP contribution is -2.37. The Morgan fingerprint density at radius 3 is 1.26 bits per heavy atom. The van der Waals surface area contributed by atoms with Gasteiger partial charge in [-0.3, -0.25) is 20.2 Å². The van der Waals surface area contributed by atoms with Crippen LogP contribution in [-0.2, 0) is 52.2 Å². The molecule has 136 heavy (non-hydrogen) atoms. The highest BCUT2D eigenvalue weighted by Crippen LogP contribution is 2.41. The third kappa shape index (κ3) is 52.4. The van der Waals surface area contributed by atoms with E-state index in [-0.39, 0.29) is 97.0 Å². The van der Waals surface area contributed by atoms with Crippen LogP contribution in [0.15, 0.2) is 78.9 Å². The molecule has 8 atom stereocenters. The molecule has 0 heterocycles. The van der Waals surface area contributed by atoms with E-state index in [2.05, 4.69) is 101 Å². The molecule has 0 saturated heterocycles. The summed E-state index contributed by atoms with van der Waals surface area (Å²) in [5.41, 5.74) is 4.21. The Morgan fingerprint density at radius 1 is 0.397 bits per heavy atom. The Kier molecular flexibility index (Phi) is 58.5. The van der Waals surface area contributed by atoms with Gasteiger partial charge >= 0.3 is 60.7 Å². The average molecular weight is 1910 g/mol. The molecule has 772 valence electrons. The fourth-order valence-corrected chi connectivity index (χ4v) is 18.7. The molecule has 0 aromatic heterocycles. The number of aliphatic carboxylic acids is 1. The second kappa shape index (κ2) is 67.0. The molecule has 12 rings (SSSR count). The average Bonchev–Trinajstić information content (AvgIpc) is 0.897. The van der Waals surface area contributed by atoms with Gasteiger partial charge in [-0.15, -0.1) is 0 Å². The lowest BCUT2D eigenvalue weighted by molar-refractivity contribution is -0.142. The molecule has 29 nitrogen and oxygen atoms in total. The van der Waals surface area contributed by atoms with Crippen molar-refractivity contribution in [3.63, 3.8) is 0 Å². The number of hydrogen-bond acceptors (Lipinski definition) is 20. The van der Waals surface area contributed by atoms with Gasteiger partial charge in [0.25, 0.3) is 0 Å². The number of ether oxygens (including phenoxy) is 9. The van der Waals surface area contributed by atoms with Crippen LogP contribution in [-0.4, -0.2) is 201 Å². The van der Waals surface area contributed by atoms with E-state index < -0.39 is 36.8 Å². The lowest BCUT2D eigenvalue weighted by atomic mass is 9.71. The monoisotopic (exact) mass is 1910 g/mol. The standard InChI is InChI=1S/C22H27NO2.C15H27NO2.C13H23NO4.C13H17NO3.C12H21NO4.C11H21NO2.C10H19NO2.C9H17NO2.C2H6/c1-16-13-20(15-22(2,3)14-16)25-21(24)23-19-11-9-18(10-12-19)17-7-5-4-6-8-17;1-12-7-6-10-14(11-12)18-15(17)16-13-8-4-2-3-5-9-13;1-13(2,3)9-4-6-10(7-5-9)18-12(17)14-8-11(15)16;15-11-8-6-10(7-9-11)14-13(16)17-12-4-2-1-3-5-12;1-3-16-11(14)8-13-12(15)17-10-7-5-4-6-9(10)2;1-3-12(4-2)11(13)14-10-8-6-5-7-9-10;1-8-6-4-5-7-9(8)13-10(12)11(2)3;1-10(2)9(11)12-8-6-4-3-5-7-8;1-2/h4-12,16,20H,13-15H2,1-3H3,(H,23,24);12-14H,2-11H2,1H3,(H,16,17);9-10H,4-8H2,1-3H3,(H,14,17)(H,15,16);6-9,12,15H,1-5H2,(H,14,16);9-10H,3-8H2,1-2H3,(H,13,15);10H,3-9H2,1-2H3;8-9H,4-7H2,1-3H3;8H,3-7H2,1-2H3;1-2H3. The van der Waals surface area contributed by atoms with Crippen molar-refractivity contribution >= 4 is 72.1 Å². The first-order valence-corrected chi connectivity index (χ1v) is 51.7. The molecule has 0 radical (unpaired) electrons. The van der Waals surface area contributed by atoms with Gasteiger partial charge in [-0.2, -0.15) is 0 Å². The quantitative estimate of drug-likeness (QED) is 0.0254. The van der Waals surface area contributed by atoms with Crippen molar-refractivity contribution in [1.29, 1.82) is 0 Å². The fourth-order valence-electron chi connectivity index (χ4n) is 18.7. The first-order valence-electron chi connectivity index (χ1n) is 51.7. The number of carboxylic acids is 1. The highest BCUT2D eigenvalue weighted by atomic mass is 16.6. The van der Waals surface area contributed by atoms with Crippen LogP contribution in [0.1, 0.15) is 354 Å². The van der Waals surface area contributed by atoms with Crippen molar-refractivity contribution in [1.82, 2.24) is 30.7 Å². The Balaban J connectivity index is 0.000000327. The van der Waals surface area contributed by atoms with Crippen molar-refractivity contribution in [2.75, 3.05) is 71.6 Å². The number of carbonyl (C=O) groups is 10. The molecule has 8 unspecified atom stereocenters. The van der Waals surface area contributed by atoms with Crippen molar-refractivity contribution in [3.8, 4) is 16.9 Å². The van der Waals surface area contributed by atoms with Crippen LogP contribution in [0.4, 0.5) is 49.7 Å². The SMILES string of the molecule is CC.CC(C)(C)C1CCC(OC(=O)NCC(=O)O)CC1.CC1CC(OC(=O)Nc2ccc(-c3ccccc3)cc2)CC(C)(C)C1.CC1CCCC(OC(=O)NC2CCCCCC2)C1.CC1CCCCC1OC(=O)N(C)C.CCN(CC)C(=O)OC1CCCCC1.CCOC(=O)CNC(=O)OC1CCCCC1C.CN(C)C(=O)OC1CCCCC1.O=C(Nc1ccc(O)cc1)OC1CCCCC1. The van der Waals surface area contributed by atoms with E-state index in [1.165, 1.54) is 138 Å². The molecular formula is C107H178N8O21. The minimum absolute atomic E-state index is 0.00217. The number of nitrogens with zero attached hydrogens (tertiary/aromatic N) is 3. The fraction of sp³-hybridized carbons (Fsp3) is 0.738. The maximum atomic E-state index is 12.2. The Bertz CT molecular complexity index is 3800. The summed E-state index contributed by atoms with van der Waals surface area (Å²) in [5, 5.41) is 30.7. The zero-order chi connectivity index (χ0) is 100. The Labute approximate surface area is 815 Å². The summed E-state index contributed by atoms with van der Waals surface area (Å²) in [5.74, 6) is 1.55. The number of alkyl carbamates (subject to hydrolysis) is 3. The number of rotatable bonds is 19. The van der Waals surface area contributed by atoms with Gasteiger partial charge in [0.15, 0.2) is 0 Å². The summed E-state index contributed by atoms with van der Waals surface area (Å²) in [4.78, 5) is 118. The molecule has 9 aliphatic carbocycles. The molecule has 7 N–H and O–H groups in total. The van der Waals surface area contributed by atoms with E-state index in [1.807, 2.05) is 70.2 Å². The first-order chi connectivity index (χ1) is 64.9. The van der Waals surface area contributed by atoms with Crippen LogP contribution >= 0.6 is 0 Å². The zero-order valence-corrected chi connectivity index (χ0v) is 86.4. The second-order valence-corrected chi connectivity index (χ2v) is 40.3. The number of amides is 8. The smallest absolute Gasteiger partial charge is 0.411 e. The highest BCUT2D eigenvalue weighted by molar-refractivity contribution is 5.86. The molecule has 9 fully saturated rings. The summed E-state index contributed by atoms with van der Waals surface area (Å²) >= 11 is 0. The summed E-state index contributed by atoms with van der Waals surface area (Å²) in [6, 6.07) is 24.7. The second-order valence-electron chi connectivity index (χ2n) is 40.3. The van der Waals surface area contributed by atoms with Gasteiger partial charge in [-0.05, 0) is 301 Å². The maximum Gasteiger partial charge on any atom is 0.411 e.